The van der Waals surface area contributed by atoms with Crippen molar-refractivity contribution >= 4 is 9.84 Å². The molecular formula is C8H6F3O2S. The van der Waals surface area contributed by atoms with Crippen LogP contribution in [0, 0.1) is 6.07 Å². The molecule has 1 rings (SSSR count). The number of hydrogen-bond acceptors (Lipinski definition) is 2. The van der Waals surface area contributed by atoms with Gasteiger partial charge in [-0.3, -0.25) is 0 Å². The summed E-state index contributed by atoms with van der Waals surface area (Å²) in [7, 11) is -3.62. The summed E-state index contributed by atoms with van der Waals surface area (Å²) in [6.07, 6.45) is -3.70. The van der Waals surface area contributed by atoms with Gasteiger partial charge in [-0.2, -0.15) is 13.2 Å². The Bertz CT molecular complexity index is 434. The summed E-state index contributed by atoms with van der Waals surface area (Å²) in [5.74, 6) is 0. The molecule has 0 atom stereocenters. The summed E-state index contributed by atoms with van der Waals surface area (Å²) >= 11 is 0. The van der Waals surface area contributed by atoms with Crippen LogP contribution in [0.4, 0.5) is 13.2 Å². The lowest BCUT2D eigenvalue weighted by atomic mass is 10.2. The monoisotopic (exact) mass is 223 g/mol. The van der Waals surface area contributed by atoms with Gasteiger partial charge in [0.05, 0.1) is 10.5 Å². The highest BCUT2D eigenvalue weighted by atomic mass is 32.2. The summed E-state index contributed by atoms with van der Waals surface area (Å²) in [6.45, 7) is 0. The number of rotatable bonds is 1. The molecule has 2 nitrogen and oxygen atoms in total. The number of alkyl halides is 3. The van der Waals surface area contributed by atoms with Crippen LogP contribution in [0.1, 0.15) is 5.56 Å². The first-order valence-corrected chi connectivity index (χ1v) is 5.39. The summed E-state index contributed by atoms with van der Waals surface area (Å²) in [5.41, 5.74) is -1.01. The third kappa shape index (κ3) is 2.47. The molecule has 0 fully saturated rings. The van der Waals surface area contributed by atoms with Gasteiger partial charge < -0.3 is 0 Å². The van der Waals surface area contributed by atoms with Crippen molar-refractivity contribution in [2.45, 2.75) is 11.1 Å². The molecule has 0 N–H and O–H groups in total. The first-order valence-electron chi connectivity index (χ1n) is 3.49. The minimum Gasteiger partial charge on any atom is -0.224 e. The second-order valence-electron chi connectivity index (χ2n) is 2.73. The largest absolute Gasteiger partial charge is 0.416 e. The second-order valence-corrected chi connectivity index (χ2v) is 4.74. The Hall–Kier alpha value is -1.04. The molecule has 6 heteroatoms. The molecule has 0 bridgehead atoms. The highest BCUT2D eigenvalue weighted by Gasteiger charge is 2.31. The van der Waals surface area contributed by atoms with Gasteiger partial charge in [-0.15, -0.1) is 0 Å². The Morgan fingerprint density at radius 1 is 1.29 bits per heavy atom. The average molecular weight is 223 g/mol. The Morgan fingerprint density at radius 2 is 1.86 bits per heavy atom. The average Bonchev–Trinajstić information content (AvgIpc) is 2.01. The van der Waals surface area contributed by atoms with Crippen molar-refractivity contribution in [3.05, 3.63) is 29.8 Å². The molecule has 1 radical (unpaired) electrons. The Balaban J connectivity index is 3.29. The van der Waals surface area contributed by atoms with E-state index in [1.54, 1.807) is 0 Å². The van der Waals surface area contributed by atoms with Crippen LogP contribution in [0.5, 0.6) is 0 Å². The fourth-order valence-electron chi connectivity index (χ4n) is 0.828. The molecule has 1 aromatic rings. The maximum absolute atomic E-state index is 12.1. The topological polar surface area (TPSA) is 34.1 Å². The van der Waals surface area contributed by atoms with E-state index < -0.39 is 21.6 Å². The first kappa shape index (κ1) is 11.0. The summed E-state index contributed by atoms with van der Waals surface area (Å²) in [6, 6.07) is 4.44. The van der Waals surface area contributed by atoms with E-state index in [9.17, 15) is 21.6 Å². The van der Waals surface area contributed by atoms with Gasteiger partial charge in [0.1, 0.15) is 0 Å². The maximum Gasteiger partial charge on any atom is 0.416 e. The molecule has 0 aliphatic heterocycles. The third-order valence-corrected chi connectivity index (χ3v) is 2.61. The van der Waals surface area contributed by atoms with Crippen molar-refractivity contribution in [1.29, 1.82) is 0 Å². The highest BCUT2D eigenvalue weighted by molar-refractivity contribution is 7.90. The lowest BCUT2D eigenvalue weighted by Crippen LogP contribution is -2.06. The van der Waals surface area contributed by atoms with Gasteiger partial charge in [-0.25, -0.2) is 8.42 Å². The predicted molar refractivity (Wildman–Crippen MR) is 43.4 cm³/mol. The van der Waals surface area contributed by atoms with Crippen LogP contribution in [0.2, 0.25) is 0 Å². The SMILES string of the molecule is CS(=O)(=O)c1c[c]cc(C(F)(F)F)c1. The molecular weight excluding hydrogens is 217 g/mol. The number of benzene rings is 1. The fraction of sp³-hybridized carbons (Fsp3) is 0.250. The fourth-order valence-corrected chi connectivity index (χ4v) is 1.45. The zero-order valence-electron chi connectivity index (χ0n) is 7.09. The van der Waals surface area contributed by atoms with E-state index in [1.807, 2.05) is 0 Å². The normalized spacial score (nSPS) is 12.9. The van der Waals surface area contributed by atoms with Gasteiger partial charge >= 0.3 is 6.18 Å². The van der Waals surface area contributed by atoms with Crippen molar-refractivity contribution in [3.8, 4) is 0 Å². The smallest absolute Gasteiger partial charge is 0.224 e. The first-order chi connectivity index (χ1) is 6.21. The maximum atomic E-state index is 12.1. The van der Waals surface area contributed by atoms with Gasteiger partial charge in [0.25, 0.3) is 0 Å². The standard InChI is InChI=1S/C8H6F3O2S/c1-14(12,13)7-4-2-3-6(5-7)8(9,10)11/h3-5H,1H3. The molecule has 0 aliphatic carbocycles. The lowest BCUT2D eigenvalue weighted by molar-refractivity contribution is -0.137. The minimum absolute atomic E-state index is 0.382. The van der Waals surface area contributed by atoms with E-state index in [-0.39, 0.29) is 4.90 Å². The van der Waals surface area contributed by atoms with Gasteiger partial charge in [0, 0.05) is 6.26 Å². The second kappa shape index (κ2) is 3.27. The molecule has 0 unspecified atom stereocenters. The van der Waals surface area contributed by atoms with Crippen LogP contribution < -0.4 is 0 Å². The van der Waals surface area contributed by atoms with Crippen molar-refractivity contribution in [1.82, 2.24) is 0 Å². The quantitative estimate of drug-likeness (QED) is 0.728. The van der Waals surface area contributed by atoms with Crippen molar-refractivity contribution in [2.24, 2.45) is 0 Å². The predicted octanol–water partition coefficient (Wildman–Crippen LogP) is 1.91. The number of hydrogen-bond donors (Lipinski definition) is 0. The number of sulfone groups is 1. The van der Waals surface area contributed by atoms with Crippen molar-refractivity contribution in [2.75, 3.05) is 6.26 Å². The van der Waals surface area contributed by atoms with Crippen LogP contribution in [0.15, 0.2) is 23.1 Å². The molecule has 0 amide bonds. The van der Waals surface area contributed by atoms with Gasteiger partial charge in [-0.05, 0) is 24.3 Å². The molecule has 0 heterocycles. The molecule has 0 spiro atoms. The Kier molecular flexibility index (Phi) is 2.58. The van der Waals surface area contributed by atoms with Crippen LogP contribution >= 0.6 is 0 Å². The molecule has 0 saturated carbocycles. The molecule has 0 aliphatic rings. The lowest BCUT2D eigenvalue weighted by Gasteiger charge is -2.06. The van der Waals surface area contributed by atoms with Crippen LogP contribution in [0.3, 0.4) is 0 Å². The molecule has 14 heavy (non-hydrogen) atoms. The van der Waals surface area contributed by atoms with Crippen molar-refractivity contribution < 1.29 is 21.6 Å². The molecule has 0 saturated heterocycles. The summed E-state index contributed by atoms with van der Waals surface area (Å²) in [4.78, 5) is -0.382. The van der Waals surface area contributed by atoms with Crippen LogP contribution in [0.25, 0.3) is 0 Å². The van der Waals surface area contributed by atoms with E-state index in [2.05, 4.69) is 6.07 Å². The van der Waals surface area contributed by atoms with E-state index >= 15 is 0 Å². The van der Waals surface area contributed by atoms with Crippen molar-refractivity contribution in [3.63, 3.8) is 0 Å². The molecule has 77 valence electrons. The molecule has 0 aromatic heterocycles. The van der Waals surface area contributed by atoms with E-state index in [0.29, 0.717) is 12.1 Å². The highest BCUT2D eigenvalue weighted by Crippen LogP contribution is 2.30. The third-order valence-electron chi connectivity index (χ3n) is 1.52. The summed E-state index contributed by atoms with van der Waals surface area (Å²) in [5, 5.41) is 0. The van der Waals surface area contributed by atoms with Gasteiger partial charge in [0.2, 0.25) is 0 Å². The van der Waals surface area contributed by atoms with Gasteiger partial charge in [-0.1, -0.05) is 0 Å². The Morgan fingerprint density at radius 3 is 2.29 bits per heavy atom. The zero-order valence-corrected chi connectivity index (χ0v) is 7.91. The minimum atomic E-state index is -4.54. The van der Waals surface area contributed by atoms with Gasteiger partial charge in [0.15, 0.2) is 9.84 Å². The van der Waals surface area contributed by atoms with E-state index in [4.69, 9.17) is 0 Å². The Labute approximate surface area is 79.3 Å². The summed E-state index contributed by atoms with van der Waals surface area (Å²) < 4.78 is 58.3. The van der Waals surface area contributed by atoms with E-state index in [1.165, 1.54) is 0 Å². The molecule has 1 aromatic carbocycles. The zero-order chi connectivity index (χ0) is 11.0. The van der Waals surface area contributed by atoms with Crippen LogP contribution in [-0.4, -0.2) is 14.7 Å². The van der Waals surface area contributed by atoms with Crippen LogP contribution in [-0.2, 0) is 16.0 Å². The van der Waals surface area contributed by atoms with E-state index in [0.717, 1.165) is 12.3 Å². The number of halogens is 3.